The van der Waals surface area contributed by atoms with Crippen molar-refractivity contribution in [1.29, 1.82) is 0 Å². The molecule has 2 aromatic rings. The highest BCUT2D eigenvalue weighted by Crippen LogP contribution is 2.25. The molecule has 134 valence electrons. The second kappa shape index (κ2) is 8.02. The molecule has 1 saturated heterocycles. The monoisotopic (exact) mass is 361 g/mol. The van der Waals surface area contributed by atoms with E-state index in [1.54, 1.807) is 4.68 Å². The third-order valence-corrected chi connectivity index (χ3v) is 4.82. The molecule has 1 atom stereocenters. The first-order chi connectivity index (χ1) is 12.1. The van der Waals surface area contributed by atoms with Gasteiger partial charge in [0, 0.05) is 13.2 Å². The summed E-state index contributed by atoms with van der Waals surface area (Å²) in [5, 5.41) is 8.29. The van der Waals surface area contributed by atoms with E-state index in [0.29, 0.717) is 17.1 Å². The number of nitrogens with zero attached hydrogens (tertiary/aromatic N) is 2. The quantitative estimate of drug-likeness (QED) is 0.853. The van der Waals surface area contributed by atoms with Crippen molar-refractivity contribution in [3.05, 3.63) is 46.2 Å². The third-order valence-electron chi connectivity index (χ3n) is 4.50. The Kier molecular flexibility index (Phi) is 5.76. The average Bonchev–Trinajstić information content (AvgIpc) is 3.22. The smallest absolute Gasteiger partial charge is 0.255 e. The van der Waals surface area contributed by atoms with E-state index in [9.17, 15) is 4.79 Å². The van der Waals surface area contributed by atoms with Crippen LogP contribution >= 0.6 is 11.6 Å². The highest BCUT2D eigenvalue weighted by molar-refractivity contribution is 6.32. The molecule has 25 heavy (non-hydrogen) atoms. The summed E-state index contributed by atoms with van der Waals surface area (Å²) in [5.41, 5.74) is 3.06. The van der Waals surface area contributed by atoms with Gasteiger partial charge in [-0.05, 0) is 38.3 Å². The lowest BCUT2D eigenvalue weighted by molar-refractivity contribution is 0.0856. The predicted molar refractivity (Wildman–Crippen MR) is 98.6 cm³/mol. The summed E-state index contributed by atoms with van der Waals surface area (Å²) in [6.07, 6.45) is 3.86. The normalized spacial score (nSPS) is 17.0. The molecule has 5 nitrogen and oxygen atoms in total. The highest BCUT2D eigenvalue weighted by Gasteiger charge is 2.23. The number of ether oxygens (including phenoxy) is 1. The highest BCUT2D eigenvalue weighted by atomic mass is 35.5. The number of carbonyl (C=O) groups excluding carboxylic acids is 1. The second-order valence-corrected chi connectivity index (χ2v) is 6.77. The zero-order chi connectivity index (χ0) is 17.8. The summed E-state index contributed by atoms with van der Waals surface area (Å²) < 4.78 is 7.36. The predicted octanol–water partition coefficient (Wildman–Crippen LogP) is 3.70. The van der Waals surface area contributed by atoms with E-state index in [1.165, 1.54) is 0 Å². The number of para-hydroxylation sites is 1. The van der Waals surface area contributed by atoms with Crippen LogP contribution in [0.2, 0.25) is 5.02 Å². The van der Waals surface area contributed by atoms with Crippen molar-refractivity contribution in [3.63, 3.8) is 0 Å². The van der Waals surface area contributed by atoms with Gasteiger partial charge in [0.25, 0.3) is 5.91 Å². The van der Waals surface area contributed by atoms with Crippen LogP contribution in [0.4, 0.5) is 0 Å². The molecule has 0 saturated carbocycles. The van der Waals surface area contributed by atoms with Crippen LogP contribution in [0.5, 0.6) is 0 Å². The Balaban J connectivity index is 1.89. The van der Waals surface area contributed by atoms with Gasteiger partial charge >= 0.3 is 0 Å². The van der Waals surface area contributed by atoms with E-state index in [4.69, 9.17) is 16.3 Å². The van der Waals surface area contributed by atoms with Crippen LogP contribution in [0, 0.1) is 6.92 Å². The zero-order valence-corrected chi connectivity index (χ0v) is 15.5. The van der Waals surface area contributed by atoms with E-state index >= 15 is 0 Å². The minimum Gasteiger partial charge on any atom is -0.376 e. The van der Waals surface area contributed by atoms with Gasteiger partial charge in [0.15, 0.2) is 0 Å². The Bertz CT molecular complexity index is 751. The molecule has 0 bridgehead atoms. The summed E-state index contributed by atoms with van der Waals surface area (Å²) >= 11 is 6.32. The molecular formula is C19H24ClN3O2. The summed E-state index contributed by atoms with van der Waals surface area (Å²) in [6, 6.07) is 7.53. The molecule has 1 aliphatic heterocycles. The topological polar surface area (TPSA) is 56.2 Å². The number of nitrogens with one attached hydrogen (secondary N) is 1. The fraction of sp³-hybridized carbons (Fsp3) is 0.474. The van der Waals surface area contributed by atoms with Crippen molar-refractivity contribution in [1.82, 2.24) is 15.1 Å². The van der Waals surface area contributed by atoms with Crippen LogP contribution in [-0.4, -0.2) is 34.9 Å². The molecule has 0 aliphatic carbocycles. The van der Waals surface area contributed by atoms with Gasteiger partial charge in [0.2, 0.25) is 0 Å². The Morgan fingerprint density at radius 3 is 2.92 bits per heavy atom. The Morgan fingerprint density at radius 2 is 2.24 bits per heavy atom. The zero-order valence-electron chi connectivity index (χ0n) is 14.7. The lowest BCUT2D eigenvalue weighted by Gasteiger charge is -2.11. The number of rotatable bonds is 6. The van der Waals surface area contributed by atoms with Gasteiger partial charge in [-0.1, -0.05) is 37.1 Å². The van der Waals surface area contributed by atoms with Gasteiger partial charge in [-0.2, -0.15) is 5.10 Å². The Labute approximate surface area is 153 Å². The van der Waals surface area contributed by atoms with Crippen molar-refractivity contribution < 1.29 is 9.53 Å². The van der Waals surface area contributed by atoms with Gasteiger partial charge in [-0.15, -0.1) is 0 Å². The first-order valence-electron chi connectivity index (χ1n) is 8.85. The molecule has 1 aromatic heterocycles. The minimum absolute atomic E-state index is 0.0882. The molecule has 0 radical (unpaired) electrons. The number of carbonyl (C=O) groups is 1. The molecular weight excluding hydrogens is 338 g/mol. The maximum atomic E-state index is 12.8. The minimum atomic E-state index is -0.0882. The average molecular weight is 362 g/mol. The number of halogens is 1. The van der Waals surface area contributed by atoms with E-state index in [1.807, 2.05) is 31.2 Å². The number of aromatic nitrogens is 2. The molecule has 1 amide bonds. The van der Waals surface area contributed by atoms with E-state index < -0.39 is 0 Å². The molecule has 2 heterocycles. The van der Waals surface area contributed by atoms with Gasteiger partial charge in [-0.3, -0.25) is 4.79 Å². The standard InChI is InChI=1S/C19H24ClN3O2/c1-3-7-16-18(19(24)21-12-14-8-6-11-25-14)13(2)23(22-16)17-10-5-4-9-15(17)20/h4-5,9-10,14H,3,6-8,11-12H2,1-2H3,(H,21,24)/t14-/m1/s1. The number of amides is 1. The lowest BCUT2D eigenvalue weighted by Crippen LogP contribution is -2.32. The van der Waals surface area contributed by atoms with Crippen LogP contribution in [0.25, 0.3) is 5.69 Å². The SMILES string of the molecule is CCCc1nn(-c2ccccc2Cl)c(C)c1C(=O)NC[C@H]1CCCO1. The van der Waals surface area contributed by atoms with Gasteiger partial charge in [-0.25, -0.2) is 4.68 Å². The van der Waals surface area contributed by atoms with Gasteiger partial charge < -0.3 is 10.1 Å². The van der Waals surface area contributed by atoms with Gasteiger partial charge in [0.1, 0.15) is 0 Å². The Hall–Kier alpha value is -1.85. The fourth-order valence-electron chi connectivity index (χ4n) is 3.23. The first-order valence-corrected chi connectivity index (χ1v) is 9.22. The number of aryl methyl sites for hydroxylation is 1. The molecule has 0 unspecified atom stereocenters. The summed E-state index contributed by atoms with van der Waals surface area (Å²) in [6.45, 7) is 5.32. The molecule has 0 spiro atoms. The van der Waals surface area contributed by atoms with Crippen LogP contribution in [0.1, 0.15) is 47.9 Å². The van der Waals surface area contributed by atoms with Crippen LogP contribution in [-0.2, 0) is 11.2 Å². The van der Waals surface area contributed by atoms with Gasteiger partial charge in [0.05, 0.1) is 33.8 Å². The van der Waals surface area contributed by atoms with Crippen molar-refractivity contribution in [2.24, 2.45) is 0 Å². The third kappa shape index (κ3) is 3.88. The van der Waals surface area contributed by atoms with Crippen molar-refractivity contribution in [3.8, 4) is 5.69 Å². The molecule has 1 aliphatic rings. The largest absolute Gasteiger partial charge is 0.376 e. The molecule has 1 fully saturated rings. The second-order valence-electron chi connectivity index (χ2n) is 6.37. The summed E-state index contributed by atoms with van der Waals surface area (Å²) in [5.74, 6) is -0.0882. The molecule has 1 N–H and O–H groups in total. The fourth-order valence-corrected chi connectivity index (χ4v) is 3.44. The molecule has 1 aromatic carbocycles. The number of hydrogen-bond acceptors (Lipinski definition) is 3. The summed E-state index contributed by atoms with van der Waals surface area (Å²) in [4.78, 5) is 12.8. The maximum Gasteiger partial charge on any atom is 0.255 e. The maximum absolute atomic E-state index is 12.8. The van der Waals surface area contributed by atoms with E-state index in [-0.39, 0.29) is 12.0 Å². The van der Waals surface area contributed by atoms with Crippen molar-refractivity contribution in [2.75, 3.05) is 13.2 Å². The summed E-state index contributed by atoms with van der Waals surface area (Å²) in [7, 11) is 0. The van der Waals surface area contributed by atoms with Crippen molar-refractivity contribution >= 4 is 17.5 Å². The molecule has 3 rings (SSSR count). The van der Waals surface area contributed by atoms with E-state index in [0.717, 1.165) is 49.4 Å². The van der Waals surface area contributed by atoms with E-state index in [2.05, 4.69) is 17.3 Å². The van der Waals surface area contributed by atoms with Crippen LogP contribution in [0.15, 0.2) is 24.3 Å². The lowest BCUT2D eigenvalue weighted by atomic mass is 10.1. The Morgan fingerprint density at radius 1 is 1.44 bits per heavy atom. The molecule has 6 heteroatoms. The van der Waals surface area contributed by atoms with Crippen LogP contribution < -0.4 is 5.32 Å². The van der Waals surface area contributed by atoms with Crippen LogP contribution in [0.3, 0.4) is 0 Å². The first kappa shape index (κ1) is 18.0. The number of hydrogen-bond donors (Lipinski definition) is 1. The number of benzene rings is 1. The van der Waals surface area contributed by atoms with Crippen molar-refractivity contribution in [2.45, 2.75) is 45.6 Å².